The van der Waals surface area contributed by atoms with E-state index in [2.05, 4.69) is 80.1 Å². The predicted molar refractivity (Wildman–Crippen MR) is 136 cm³/mol. The molecule has 0 saturated heterocycles. The Morgan fingerprint density at radius 3 is 2.59 bits per heavy atom. The van der Waals surface area contributed by atoms with E-state index in [0.717, 1.165) is 42.8 Å². The number of anilines is 1. The normalized spacial score (nSPS) is 23.6. The van der Waals surface area contributed by atoms with Crippen molar-refractivity contribution >= 4 is 18.0 Å². The van der Waals surface area contributed by atoms with Crippen molar-refractivity contribution in [1.82, 2.24) is 4.98 Å². The van der Waals surface area contributed by atoms with Crippen LogP contribution < -0.4 is 10.5 Å². The predicted octanol–water partition coefficient (Wildman–Crippen LogP) is 5.67. The minimum atomic E-state index is -0.438. The van der Waals surface area contributed by atoms with Crippen molar-refractivity contribution in [1.29, 1.82) is 0 Å². The number of aliphatic imine (C=N–C) groups is 1. The Kier molecular flexibility index (Phi) is 6.31. The van der Waals surface area contributed by atoms with Gasteiger partial charge in [0.2, 0.25) is 5.56 Å². The van der Waals surface area contributed by atoms with Crippen molar-refractivity contribution in [2.45, 2.75) is 46.1 Å². The van der Waals surface area contributed by atoms with Crippen LogP contribution in [0.15, 0.2) is 75.6 Å². The molecule has 1 N–H and O–H groups in total. The van der Waals surface area contributed by atoms with Crippen molar-refractivity contribution in [3.8, 4) is 0 Å². The first-order valence-corrected chi connectivity index (χ1v) is 11.6. The third-order valence-electron chi connectivity index (χ3n) is 6.77. The molecule has 2 aliphatic rings. The molecule has 166 valence electrons. The molecule has 0 saturated carbocycles. The van der Waals surface area contributed by atoms with Gasteiger partial charge in [-0.1, -0.05) is 35.9 Å². The summed E-state index contributed by atoms with van der Waals surface area (Å²) in [6, 6.07) is 12.3. The smallest absolute Gasteiger partial charge is 0.248 e. The Labute approximate surface area is 191 Å². The van der Waals surface area contributed by atoms with Gasteiger partial charge >= 0.3 is 0 Å². The number of fused-ring (bicyclic) bond motifs is 4. The number of nitrogens with zero attached hydrogens (tertiary/aromatic N) is 2. The number of benzene rings is 1. The Bertz CT molecular complexity index is 1150. The van der Waals surface area contributed by atoms with Gasteiger partial charge in [0.15, 0.2) is 0 Å². The van der Waals surface area contributed by atoms with Crippen molar-refractivity contribution < 1.29 is 0 Å². The number of aromatic nitrogens is 1. The van der Waals surface area contributed by atoms with E-state index in [9.17, 15) is 4.79 Å². The van der Waals surface area contributed by atoms with E-state index in [-0.39, 0.29) is 11.5 Å². The SMILES string of the molecule is C/C=C1\[C@H]2C=C(C)C[C@]1(N=CC=Cc1ccc(N(CC)CC)cc1)c1ccc(=O)[nH]c1C2. The van der Waals surface area contributed by atoms with Gasteiger partial charge in [-0.3, -0.25) is 9.79 Å². The Morgan fingerprint density at radius 2 is 1.91 bits per heavy atom. The molecule has 0 unspecified atom stereocenters. The van der Waals surface area contributed by atoms with Crippen LogP contribution >= 0.6 is 0 Å². The zero-order valence-corrected chi connectivity index (χ0v) is 19.6. The van der Waals surface area contributed by atoms with Crippen molar-refractivity contribution in [2.75, 3.05) is 18.0 Å². The van der Waals surface area contributed by atoms with E-state index in [1.165, 1.54) is 16.8 Å². The van der Waals surface area contributed by atoms with Crippen LogP contribution in [-0.4, -0.2) is 24.3 Å². The van der Waals surface area contributed by atoms with Crippen LogP contribution in [-0.2, 0) is 12.0 Å². The molecular weight excluding hydrogens is 394 g/mol. The van der Waals surface area contributed by atoms with Crippen LogP contribution in [0.1, 0.15) is 50.9 Å². The molecule has 0 amide bonds. The summed E-state index contributed by atoms with van der Waals surface area (Å²) in [6.07, 6.45) is 12.3. The lowest BCUT2D eigenvalue weighted by Gasteiger charge is -2.45. The second-order valence-electron chi connectivity index (χ2n) is 8.72. The lowest BCUT2D eigenvalue weighted by Crippen LogP contribution is -2.40. The van der Waals surface area contributed by atoms with Crippen molar-refractivity contribution in [3.05, 3.63) is 92.9 Å². The maximum Gasteiger partial charge on any atom is 0.248 e. The number of hydrogen-bond donors (Lipinski definition) is 1. The van der Waals surface area contributed by atoms with Crippen LogP contribution in [0.3, 0.4) is 0 Å². The molecule has 2 bridgehead atoms. The number of aromatic amines is 1. The third-order valence-corrected chi connectivity index (χ3v) is 6.77. The molecule has 0 aliphatic heterocycles. The summed E-state index contributed by atoms with van der Waals surface area (Å²) < 4.78 is 0. The van der Waals surface area contributed by atoms with Gasteiger partial charge < -0.3 is 9.88 Å². The summed E-state index contributed by atoms with van der Waals surface area (Å²) in [5.41, 5.74) is 6.75. The largest absolute Gasteiger partial charge is 0.372 e. The monoisotopic (exact) mass is 427 g/mol. The maximum atomic E-state index is 12.0. The van der Waals surface area contributed by atoms with E-state index in [0.29, 0.717) is 0 Å². The van der Waals surface area contributed by atoms with Crippen LogP contribution in [0.25, 0.3) is 6.08 Å². The molecule has 1 aromatic heterocycles. The molecule has 0 spiro atoms. The van der Waals surface area contributed by atoms with E-state index in [4.69, 9.17) is 4.99 Å². The van der Waals surface area contributed by atoms with Gasteiger partial charge in [-0.05, 0) is 69.5 Å². The average Bonchev–Trinajstić information content (AvgIpc) is 2.78. The summed E-state index contributed by atoms with van der Waals surface area (Å²) in [4.78, 5) is 22.5. The van der Waals surface area contributed by atoms with E-state index < -0.39 is 5.54 Å². The van der Waals surface area contributed by atoms with Crippen LogP contribution in [0.2, 0.25) is 0 Å². The number of nitrogens with one attached hydrogen (secondary N) is 1. The van der Waals surface area contributed by atoms with Gasteiger partial charge in [-0.2, -0.15) is 0 Å². The highest BCUT2D eigenvalue weighted by Crippen LogP contribution is 2.51. The molecule has 4 heteroatoms. The fourth-order valence-electron chi connectivity index (χ4n) is 5.36. The molecule has 2 atom stereocenters. The van der Waals surface area contributed by atoms with Crippen LogP contribution in [0.4, 0.5) is 5.69 Å². The topological polar surface area (TPSA) is 48.5 Å². The first-order valence-electron chi connectivity index (χ1n) is 11.6. The summed E-state index contributed by atoms with van der Waals surface area (Å²) in [7, 11) is 0. The highest BCUT2D eigenvalue weighted by molar-refractivity contribution is 5.79. The molecular formula is C28H33N3O. The zero-order chi connectivity index (χ0) is 22.7. The first kappa shape index (κ1) is 22.1. The van der Waals surface area contributed by atoms with Crippen molar-refractivity contribution in [3.63, 3.8) is 0 Å². The second kappa shape index (κ2) is 9.15. The van der Waals surface area contributed by atoms with Crippen LogP contribution in [0, 0.1) is 5.92 Å². The molecule has 0 radical (unpaired) electrons. The Hall–Kier alpha value is -3.14. The molecule has 4 rings (SSSR count). The van der Waals surface area contributed by atoms with Gasteiger partial charge in [0.25, 0.3) is 0 Å². The summed E-state index contributed by atoms with van der Waals surface area (Å²) in [6.45, 7) is 10.7. The lowest BCUT2D eigenvalue weighted by atomic mass is 9.63. The van der Waals surface area contributed by atoms with Gasteiger partial charge in [0, 0.05) is 54.7 Å². The highest BCUT2D eigenvalue weighted by atomic mass is 16.1. The van der Waals surface area contributed by atoms with E-state index in [1.54, 1.807) is 6.07 Å². The van der Waals surface area contributed by atoms with E-state index in [1.807, 2.05) is 18.4 Å². The van der Waals surface area contributed by atoms with Gasteiger partial charge in [0.1, 0.15) is 5.54 Å². The molecule has 1 aromatic carbocycles. The van der Waals surface area contributed by atoms with Crippen molar-refractivity contribution in [2.24, 2.45) is 10.9 Å². The molecule has 0 fully saturated rings. The number of pyridine rings is 1. The number of allylic oxidation sites excluding steroid dienone is 3. The van der Waals surface area contributed by atoms with Gasteiger partial charge in [0.05, 0.1) is 0 Å². The number of H-pyrrole nitrogens is 1. The lowest BCUT2D eigenvalue weighted by molar-refractivity contribution is 0.413. The molecule has 2 aliphatic carbocycles. The fourth-order valence-corrected chi connectivity index (χ4v) is 5.36. The average molecular weight is 428 g/mol. The molecule has 32 heavy (non-hydrogen) atoms. The molecule has 1 heterocycles. The zero-order valence-electron chi connectivity index (χ0n) is 19.6. The van der Waals surface area contributed by atoms with Gasteiger partial charge in [-0.15, -0.1) is 0 Å². The minimum Gasteiger partial charge on any atom is -0.372 e. The second-order valence-corrected chi connectivity index (χ2v) is 8.72. The fraction of sp³-hybridized carbons (Fsp3) is 0.357. The third kappa shape index (κ3) is 4.02. The summed E-state index contributed by atoms with van der Waals surface area (Å²) >= 11 is 0. The minimum absolute atomic E-state index is 0.0429. The Morgan fingerprint density at radius 1 is 1.16 bits per heavy atom. The summed E-state index contributed by atoms with van der Waals surface area (Å²) in [5.74, 6) is 0.285. The molecule has 4 nitrogen and oxygen atoms in total. The quantitative estimate of drug-likeness (QED) is 0.477. The van der Waals surface area contributed by atoms with Gasteiger partial charge in [-0.25, -0.2) is 0 Å². The maximum absolute atomic E-state index is 12.0. The first-order chi connectivity index (χ1) is 15.5. The highest BCUT2D eigenvalue weighted by Gasteiger charge is 2.46. The van der Waals surface area contributed by atoms with Crippen LogP contribution in [0.5, 0.6) is 0 Å². The number of rotatable bonds is 6. The number of hydrogen-bond acceptors (Lipinski definition) is 3. The Balaban J connectivity index is 1.64. The standard InChI is InChI=1S/C28H33N3O/c1-5-24-22-17-20(4)19-28(24,25-14-15-27(32)30-26(25)18-22)29-16-8-9-21-10-12-23(13-11-21)31(6-2)7-3/h5,8-17,22H,6-7,18-19H2,1-4H3,(H,30,32)/b9-8?,24-5+,29-16?/t22-,28+/m0/s1. The molecule has 2 aromatic rings. The summed E-state index contributed by atoms with van der Waals surface area (Å²) in [5, 5.41) is 0. The van der Waals surface area contributed by atoms with E-state index >= 15 is 0 Å².